The van der Waals surface area contributed by atoms with Crippen LogP contribution in [0.1, 0.15) is 17.1 Å². The van der Waals surface area contributed by atoms with Gasteiger partial charge in [0.05, 0.1) is 16.7 Å². The second kappa shape index (κ2) is 6.84. The van der Waals surface area contributed by atoms with Gasteiger partial charge in [-0.2, -0.15) is 5.10 Å². The van der Waals surface area contributed by atoms with E-state index in [0.29, 0.717) is 27.9 Å². The predicted molar refractivity (Wildman–Crippen MR) is 96.7 cm³/mol. The Labute approximate surface area is 152 Å². The normalized spacial score (nSPS) is 11.2. The molecule has 0 fully saturated rings. The fraction of sp³-hybridized carbons (Fsp3) is 0.133. The molecule has 3 N–H and O–H groups in total. The van der Waals surface area contributed by atoms with E-state index >= 15 is 0 Å². The first kappa shape index (κ1) is 17.4. The van der Waals surface area contributed by atoms with Gasteiger partial charge < -0.3 is 10.3 Å². The van der Waals surface area contributed by atoms with Crippen LogP contribution in [0.2, 0.25) is 5.02 Å². The van der Waals surface area contributed by atoms with Gasteiger partial charge in [0.25, 0.3) is 11.6 Å². The van der Waals surface area contributed by atoms with Gasteiger partial charge in [-0.3, -0.25) is 10.1 Å². The van der Waals surface area contributed by atoms with E-state index in [1.807, 2.05) is 0 Å². The van der Waals surface area contributed by atoms with Crippen molar-refractivity contribution in [1.29, 1.82) is 0 Å². The number of nitro groups is 1. The summed E-state index contributed by atoms with van der Waals surface area (Å²) in [7, 11) is 0. The summed E-state index contributed by atoms with van der Waals surface area (Å²) in [6.45, 7) is 3.39. The Hall–Kier alpha value is -3.40. The molecule has 0 bridgehead atoms. The number of benzene rings is 1. The van der Waals surface area contributed by atoms with E-state index in [9.17, 15) is 10.1 Å². The Morgan fingerprint density at radius 2 is 2.15 bits per heavy atom. The Morgan fingerprint density at radius 1 is 1.38 bits per heavy atom. The van der Waals surface area contributed by atoms with Gasteiger partial charge in [-0.25, -0.2) is 10.1 Å². The van der Waals surface area contributed by atoms with Crippen LogP contribution in [0, 0.1) is 24.0 Å². The first-order valence-corrected chi connectivity index (χ1v) is 7.75. The Morgan fingerprint density at radius 3 is 2.81 bits per heavy atom. The van der Waals surface area contributed by atoms with Crippen LogP contribution < -0.4 is 11.3 Å². The van der Waals surface area contributed by atoms with E-state index < -0.39 is 4.92 Å². The number of anilines is 1. The Kier molecular flexibility index (Phi) is 4.59. The zero-order valence-electron chi connectivity index (χ0n) is 13.8. The van der Waals surface area contributed by atoms with Crippen LogP contribution in [0.4, 0.5) is 11.6 Å². The molecule has 134 valence electrons. The molecule has 10 nitrogen and oxygen atoms in total. The van der Waals surface area contributed by atoms with Gasteiger partial charge in [-0.1, -0.05) is 11.6 Å². The van der Waals surface area contributed by atoms with Gasteiger partial charge in [0.15, 0.2) is 5.82 Å². The molecule has 0 amide bonds. The molecule has 3 aromatic rings. The summed E-state index contributed by atoms with van der Waals surface area (Å²) in [6, 6.07) is 6.14. The van der Waals surface area contributed by atoms with Crippen LogP contribution in [-0.4, -0.2) is 26.0 Å². The number of nitrogens with one attached hydrogen (secondary N) is 1. The summed E-state index contributed by atoms with van der Waals surface area (Å²) in [4.78, 5) is 10.8. The number of furan rings is 1. The van der Waals surface area contributed by atoms with Gasteiger partial charge in [0.2, 0.25) is 0 Å². The maximum Gasteiger partial charge on any atom is 0.280 e. The Balaban J connectivity index is 1.84. The van der Waals surface area contributed by atoms with Crippen molar-refractivity contribution in [2.75, 3.05) is 11.3 Å². The minimum absolute atomic E-state index is 0.0884. The van der Waals surface area contributed by atoms with Crippen LogP contribution in [0.25, 0.3) is 11.3 Å². The zero-order valence-corrected chi connectivity index (χ0v) is 14.6. The third-order valence-corrected chi connectivity index (χ3v) is 4.00. The van der Waals surface area contributed by atoms with Crippen molar-refractivity contribution in [3.8, 4) is 11.3 Å². The highest BCUT2D eigenvalue weighted by atomic mass is 35.5. The second-order valence-electron chi connectivity index (χ2n) is 5.39. The molecule has 0 aliphatic rings. The maximum atomic E-state index is 11.3. The molecule has 26 heavy (non-hydrogen) atoms. The summed E-state index contributed by atoms with van der Waals surface area (Å²) >= 11 is 6.09. The topological polar surface area (TPSA) is 137 Å². The molecule has 0 atom stereocenters. The number of nitro benzene ring substituents is 1. The average Bonchev–Trinajstić information content (AvgIpc) is 3.19. The number of hydrogen-bond donors (Lipinski definition) is 2. The van der Waals surface area contributed by atoms with Crippen LogP contribution in [0.15, 0.2) is 33.8 Å². The van der Waals surface area contributed by atoms with Gasteiger partial charge in [-0.05, 0) is 37.6 Å². The molecule has 0 saturated heterocycles. The lowest BCUT2D eigenvalue weighted by Crippen LogP contribution is -2.13. The van der Waals surface area contributed by atoms with E-state index in [1.165, 1.54) is 23.0 Å². The number of nitrogens with zero attached hydrogens (tertiary/aromatic N) is 5. The van der Waals surface area contributed by atoms with Gasteiger partial charge >= 0.3 is 0 Å². The van der Waals surface area contributed by atoms with E-state index in [-0.39, 0.29) is 17.2 Å². The van der Waals surface area contributed by atoms with Crippen LogP contribution in [0.3, 0.4) is 0 Å². The van der Waals surface area contributed by atoms with Gasteiger partial charge in [0, 0.05) is 11.1 Å². The molecule has 0 aliphatic heterocycles. The second-order valence-corrected chi connectivity index (χ2v) is 5.80. The molecule has 0 unspecified atom stereocenters. The SMILES string of the molecule is Cc1cc([N+](=O)[O-])c(-c2ccc(/C=N/Nc3nnc(C)n3N)o2)cc1Cl. The molecule has 0 aliphatic carbocycles. The van der Waals surface area contributed by atoms with Crippen molar-refractivity contribution in [2.24, 2.45) is 5.10 Å². The van der Waals surface area contributed by atoms with Gasteiger partial charge in [-0.15, -0.1) is 10.2 Å². The minimum Gasteiger partial charge on any atom is -0.455 e. The highest BCUT2D eigenvalue weighted by Gasteiger charge is 2.20. The molecule has 2 heterocycles. The molecule has 0 saturated carbocycles. The van der Waals surface area contributed by atoms with Crippen molar-refractivity contribution >= 4 is 29.5 Å². The fourth-order valence-electron chi connectivity index (χ4n) is 2.18. The standard InChI is InChI=1S/C15H14ClN7O3/c1-8-5-13(23(24)25)11(6-12(8)16)14-4-3-10(26-14)7-18-20-15-21-19-9(2)22(15)17/h3-7H,17H2,1-2H3,(H,20,21)/b18-7+. The highest BCUT2D eigenvalue weighted by Crippen LogP contribution is 2.35. The van der Waals surface area contributed by atoms with E-state index in [0.717, 1.165) is 0 Å². The summed E-state index contributed by atoms with van der Waals surface area (Å²) in [6.07, 6.45) is 1.38. The summed E-state index contributed by atoms with van der Waals surface area (Å²) in [5.41, 5.74) is 3.43. The monoisotopic (exact) mass is 375 g/mol. The Bertz CT molecular complexity index is 1010. The molecule has 0 radical (unpaired) electrons. The lowest BCUT2D eigenvalue weighted by Gasteiger charge is -2.03. The summed E-state index contributed by atoms with van der Waals surface area (Å²) in [5, 5.41) is 23.2. The van der Waals surface area contributed by atoms with Crippen molar-refractivity contribution in [1.82, 2.24) is 14.9 Å². The van der Waals surface area contributed by atoms with Crippen LogP contribution in [-0.2, 0) is 0 Å². The van der Waals surface area contributed by atoms with Crippen molar-refractivity contribution < 1.29 is 9.34 Å². The minimum atomic E-state index is -0.479. The molecule has 3 rings (SSSR count). The van der Waals surface area contributed by atoms with E-state index in [2.05, 4.69) is 20.7 Å². The number of hydrogen-bond acceptors (Lipinski definition) is 8. The average molecular weight is 376 g/mol. The van der Waals surface area contributed by atoms with Crippen molar-refractivity contribution in [2.45, 2.75) is 13.8 Å². The number of aromatic nitrogens is 3. The molecule has 0 spiro atoms. The number of nitrogens with two attached hydrogens (primary N) is 1. The van der Waals surface area contributed by atoms with Crippen molar-refractivity contribution in [3.63, 3.8) is 0 Å². The summed E-state index contributed by atoms with van der Waals surface area (Å²) in [5.74, 6) is 7.14. The lowest BCUT2D eigenvalue weighted by molar-refractivity contribution is -0.384. The molecular weight excluding hydrogens is 362 g/mol. The quantitative estimate of drug-likeness (QED) is 0.302. The predicted octanol–water partition coefficient (Wildman–Crippen LogP) is 2.88. The maximum absolute atomic E-state index is 11.3. The number of halogens is 1. The fourth-order valence-corrected chi connectivity index (χ4v) is 2.34. The van der Waals surface area contributed by atoms with Crippen LogP contribution in [0.5, 0.6) is 0 Å². The smallest absolute Gasteiger partial charge is 0.280 e. The third kappa shape index (κ3) is 3.35. The number of rotatable bonds is 5. The van der Waals surface area contributed by atoms with Crippen LogP contribution >= 0.6 is 11.6 Å². The lowest BCUT2D eigenvalue weighted by atomic mass is 10.1. The molecule has 11 heteroatoms. The third-order valence-electron chi connectivity index (χ3n) is 3.59. The van der Waals surface area contributed by atoms with Gasteiger partial charge in [0.1, 0.15) is 11.5 Å². The zero-order chi connectivity index (χ0) is 18.8. The first-order chi connectivity index (χ1) is 12.4. The number of aryl methyl sites for hydroxylation is 2. The first-order valence-electron chi connectivity index (χ1n) is 7.37. The summed E-state index contributed by atoms with van der Waals surface area (Å²) < 4.78 is 6.84. The largest absolute Gasteiger partial charge is 0.455 e. The number of nitrogen functional groups attached to an aromatic ring is 1. The molecular formula is C15H14ClN7O3. The number of hydrazone groups is 1. The van der Waals surface area contributed by atoms with E-state index in [1.54, 1.807) is 26.0 Å². The molecule has 2 aromatic heterocycles. The van der Waals surface area contributed by atoms with Crippen molar-refractivity contribution in [3.05, 3.63) is 56.6 Å². The molecule has 1 aromatic carbocycles. The highest BCUT2D eigenvalue weighted by molar-refractivity contribution is 6.31. The van der Waals surface area contributed by atoms with E-state index in [4.69, 9.17) is 21.9 Å².